The summed E-state index contributed by atoms with van der Waals surface area (Å²) in [6, 6.07) is 17.8. The predicted octanol–water partition coefficient (Wildman–Crippen LogP) is 4.15. The van der Waals surface area contributed by atoms with E-state index in [4.69, 9.17) is 0 Å². The van der Waals surface area contributed by atoms with Gasteiger partial charge in [0, 0.05) is 22.2 Å². The standard InChI is InChI=1S/C17H13NO/c19-12-15-14-8-4-5-9-16(14)18-17(15)11-10-13-6-2-1-3-7-13/h1-12,18H. The van der Waals surface area contributed by atoms with Crippen LogP contribution in [0.15, 0.2) is 54.6 Å². The van der Waals surface area contributed by atoms with Crippen LogP contribution in [0, 0.1) is 0 Å². The lowest BCUT2D eigenvalue weighted by molar-refractivity contribution is 0.112. The van der Waals surface area contributed by atoms with Crippen molar-refractivity contribution in [1.82, 2.24) is 4.98 Å². The summed E-state index contributed by atoms with van der Waals surface area (Å²) in [7, 11) is 0. The molecule has 2 nitrogen and oxygen atoms in total. The first-order chi connectivity index (χ1) is 9.38. The van der Waals surface area contributed by atoms with Gasteiger partial charge in [-0.05, 0) is 17.7 Å². The largest absolute Gasteiger partial charge is 0.354 e. The molecule has 1 N–H and O–H groups in total. The fourth-order valence-electron chi connectivity index (χ4n) is 2.19. The number of hydrogen-bond acceptors (Lipinski definition) is 1. The molecule has 0 amide bonds. The van der Waals surface area contributed by atoms with Crippen molar-refractivity contribution in [2.75, 3.05) is 0 Å². The van der Waals surface area contributed by atoms with Crippen molar-refractivity contribution in [3.05, 3.63) is 71.4 Å². The normalized spacial score (nSPS) is 11.2. The van der Waals surface area contributed by atoms with Crippen LogP contribution >= 0.6 is 0 Å². The quantitative estimate of drug-likeness (QED) is 0.693. The van der Waals surface area contributed by atoms with E-state index in [-0.39, 0.29) is 0 Å². The summed E-state index contributed by atoms with van der Waals surface area (Å²) >= 11 is 0. The van der Waals surface area contributed by atoms with Gasteiger partial charge in [-0.3, -0.25) is 4.79 Å². The van der Waals surface area contributed by atoms with E-state index >= 15 is 0 Å². The number of hydrogen-bond donors (Lipinski definition) is 1. The van der Waals surface area contributed by atoms with Crippen LogP contribution in [0.3, 0.4) is 0 Å². The van der Waals surface area contributed by atoms with Crippen molar-refractivity contribution in [2.45, 2.75) is 0 Å². The molecule has 0 radical (unpaired) electrons. The minimum Gasteiger partial charge on any atom is -0.354 e. The first-order valence-electron chi connectivity index (χ1n) is 6.17. The van der Waals surface area contributed by atoms with Crippen molar-refractivity contribution in [2.24, 2.45) is 0 Å². The molecule has 0 aliphatic carbocycles. The fraction of sp³-hybridized carbons (Fsp3) is 0. The molecule has 2 aromatic carbocycles. The molecule has 0 aliphatic heterocycles. The van der Waals surface area contributed by atoms with E-state index in [2.05, 4.69) is 4.98 Å². The molecule has 0 fully saturated rings. The molecule has 0 atom stereocenters. The minimum absolute atomic E-state index is 0.711. The molecule has 0 bridgehead atoms. The maximum atomic E-state index is 11.3. The highest BCUT2D eigenvalue weighted by molar-refractivity contribution is 6.01. The van der Waals surface area contributed by atoms with Gasteiger partial charge in [0.05, 0.1) is 0 Å². The molecule has 0 saturated heterocycles. The molecule has 1 heterocycles. The van der Waals surface area contributed by atoms with Gasteiger partial charge < -0.3 is 4.98 Å². The molecule has 3 aromatic rings. The third-order valence-corrected chi connectivity index (χ3v) is 3.14. The van der Waals surface area contributed by atoms with Crippen molar-refractivity contribution < 1.29 is 4.79 Å². The number of carbonyl (C=O) groups excluding carboxylic acids is 1. The Bertz CT molecular complexity index is 738. The van der Waals surface area contributed by atoms with Gasteiger partial charge in [0.2, 0.25) is 0 Å². The number of benzene rings is 2. The average Bonchev–Trinajstić information content (AvgIpc) is 2.83. The zero-order valence-corrected chi connectivity index (χ0v) is 10.3. The second kappa shape index (κ2) is 4.94. The number of aromatic nitrogens is 1. The van der Waals surface area contributed by atoms with Crippen LogP contribution in [0.2, 0.25) is 0 Å². The second-order valence-electron chi connectivity index (χ2n) is 4.36. The topological polar surface area (TPSA) is 32.9 Å². The monoisotopic (exact) mass is 247 g/mol. The van der Waals surface area contributed by atoms with Crippen molar-refractivity contribution in [3.63, 3.8) is 0 Å². The first-order valence-corrected chi connectivity index (χ1v) is 6.17. The number of para-hydroxylation sites is 1. The lowest BCUT2D eigenvalue weighted by Crippen LogP contribution is -1.81. The molecule has 0 unspecified atom stereocenters. The lowest BCUT2D eigenvalue weighted by Gasteiger charge is -1.92. The van der Waals surface area contributed by atoms with Crippen molar-refractivity contribution >= 4 is 29.3 Å². The first kappa shape index (κ1) is 11.5. The van der Waals surface area contributed by atoms with Crippen LogP contribution in [0.4, 0.5) is 0 Å². The third-order valence-electron chi connectivity index (χ3n) is 3.14. The Hall–Kier alpha value is -2.61. The molecule has 2 heteroatoms. The van der Waals surface area contributed by atoms with Gasteiger partial charge in [-0.25, -0.2) is 0 Å². The highest BCUT2D eigenvalue weighted by atomic mass is 16.1. The number of rotatable bonds is 3. The molecule has 19 heavy (non-hydrogen) atoms. The van der Waals surface area contributed by atoms with Crippen LogP contribution in [0.1, 0.15) is 21.6 Å². The summed E-state index contributed by atoms with van der Waals surface area (Å²) < 4.78 is 0. The SMILES string of the molecule is O=Cc1c(C=Cc2ccccc2)[nH]c2ccccc12. The zero-order valence-electron chi connectivity index (χ0n) is 10.3. The summed E-state index contributed by atoms with van der Waals surface area (Å²) in [5.41, 5.74) is 3.65. The summed E-state index contributed by atoms with van der Waals surface area (Å²) in [4.78, 5) is 14.5. The van der Waals surface area contributed by atoms with Gasteiger partial charge in [-0.1, -0.05) is 54.6 Å². The Morgan fingerprint density at radius 3 is 2.37 bits per heavy atom. The van der Waals surface area contributed by atoms with Gasteiger partial charge in [-0.15, -0.1) is 0 Å². The molecule has 92 valence electrons. The van der Waals surface area contributed by atoms with Gasteiger partial charge in [0.15, 0.2) is 6.29 Å². The zero-order chi connectivity index (χ0) is 13.1. The summed E-state index contributed by atoms with van der Waals surface area (Å²) in [6.07, 6.45) is 4.85. The smallest absolute Gasteiger partial charge is 0.152 e. The number of aromatic amines is 1. The van der Waals surface area contributed by atoms with E-state index in [9.17, 15) is 4.79 Å². The molecule has 1 aromatic heterocycles. The van der Waals surface area contributed by atoms with Crippen molar-refractivity contribution in [3.8, 4) is 0 Å². The van der Waals surface area contributed by atoms with Gasteiger partial charge in [-0.2, -0.15) is 0 Å². The highest BCUT2D eigenvalue weighted by Gasteiger charge is 2.07. The summed E-state index contributed by atoms with van der Waals surface area (Å²) in [5.74, 6) is 0. The molecule has 0 spiro atoms. The number of aldehydes is 1. The summed E-state index contributed by atoms with van der Waals surface area (Å²) in [6.45, 7) is 0. The number of H-pyrrole nitrogens is 1. The number of fused-ring (bicyclic) bond motifs is 1. The van der Waals surface area contributed by atoms with Crippen molar-refractivity contribution in [1.29, 1.82) is 0 Å². The number of carbonyl (C=O) groups is 1. The fourth-order valence-corrected chi connectivity index (χ4v) is 2.19. The molecular weight excluding hydrogens is 234 g/mol. The van der Waals surface area contributed by atoms with Crippen LogP contribution in [-0.2, 0) is 0 Å². The maximum Gasteiger partial charge on any atom is 0.152 e. The van der Waals surface area contributed by atoms with Crippen LogP contribution in [-0.4, -0.2) is 11.3 Å². The van der Waals surface area contributed by atoms with Crippen LogP contribution < -0.4 is 0 Å². The Labute approximate surface area is 111 Å². The second-order valence-corrected chi connectivity index (χ2v) is 4.36. The van der Waals surface area contributed by atoms with E-state index in [0.717, 1.165) is 28.4 Å². The lowest BCUT2D eigenvalue weighted by atomic mass is 10.1. The molecular formula is C17H13NO. The Kier molecular flexibility index (Phi) is 2.99. The van der Waals surface area contributed by atoms with Gasteiger partial charge >= 0.3 is 0 Å². The van der Waals surface area contributed by atoms with E-state index in [1.54, 1.807) is 0 Å². The van der Waals surface area contributed by atoms with E-state index in [0.29, 0.717) is 5.56 Å². The van der Waals surface area contributed by atoms with Gasteiger partial charge in [0.1, 0.15) is 0 Å². The van der Waals surface area contributed by atoms with Gasteiger partial charge in [0.25, 0.3) is 0 Å². The van der Waals surface area contributed by atoms with E-state index in [1.165, 1.54) is 0 Å². The molecule has 0 saturated carbocycles. The highest BCUT2D eigenvalue weighted by Crippen LogP contribution is 2.22. The Balaban J connectivity index is 2.06. The Morgan fingerprint density at radius 2 is 1.58 bits per heavy atom. The predicted molar refractivity (Wildman–Crippen MR) is 79.1 cm³/mol. The minimum atomic E-state index is 0.711. The van der Waals surface area contributed by atoms with Crippen LogP contribution in [0.5, 0.6) is 0 Å². The number of nitrogens with one attached hydrogen (secondary N) is 1. The average molecular weight is 247 g/mol. The van der Waals surface area contributed by atoms with E-state index in [1.807, 2.05) is 66.7 Å². The molecule has 0 aliphatic rings. The Morgan fingerprint density at radius 1 is 0.842 bits per heavy atom. The summed E-state index contributed by atoms with van der Waals surface area (Å²) in [5, 5.41) is 0.963. The molecule has 3 rings (SSSR count). The van der Waals surface area contributed by atoms with E-state index < -0.39 is 0 Å². The third kappa shape index (κ3) is 2.20. The maximum absolute atomic E-state index is 11.3. The van der Waals surface area contributed by atoms with Crippen LogP contribution in [0.25, 0.3) is 23.1 Å².